The standard InChI is InChI=1S/C11H14O4/c12-10(6-11(13)14)8-15-7-9-4-2-1-3-5-9/h1-5,10,12H,6-8H2,(H,13,14)/t10-/m1/s1. The lowest BCUT2D eigenvalue weighted by Gasteiger charge is -2.08. The van der Waals surface area contributed by atoms with Gasteiger partial charge in [0.25, 0.3) is 0 Å². The summed E-state index contributed by atoms with van der Waals surface area (Å²) in [6, 6.07) is 9.51. The van der Waals surface area contributed by atoms with Gasteiger partial charge in [-0.3, -0.25) is 4.79 Å². The highest BCUT2D eigenvalue weighted by Crippen LogP contribution is 2.01. The van der Waals surface area contributed by atoms with Crippen LogP contribution in [0.3, 0.4) is 0 Å². The Bertz CT molecular complexity index is 297. The van der Waals surface area contributed by atoms with E-state index in [1.165, 1.54) is 0 Å². The van der Waals surface area contributed by atoms with E-state index in [1.54, 1.807) is 0 Å². The summed E-state index contributed by atoms with van der Waals surface area (Å²) in [5, 5.41) is 17.6. The molecule has 0 saturated carbocycles. The van der Waals surface area contributed by atoms with Gasteiger partial charge in [-0.1, -0.05) is 30.3 Å². The second-order valence-corrected chi connectivity index (χ2v) is 3.25. The molecule has 0 radical (unpaired) electrons. The molecule has 0 aliphatic carbocycles. The molecule has 0 aromatic heterocycles. The number of rotatable bonds is 6. The average Bonchev–Trinajstić information content (AvgIpc) is 2.18. The van der Waals surface area contributed by atoms with Crippen LogP contribution in [0.2, 0.25) is 0 Å². The topological polar surface area (TPSA) is 66.8 Å². The molecule has 2 N–H and O–H groups in total. The fourth-order valence-electron chi connectivity index (χ4n) is 1.15. The predicted octanol–water partition coefficient (Wildman–Crippen LogP) is 1.04. The summed E-state index contributed by atoms with van der Waals surface area (Å²) in [5.41, 5.74) is 1.00. The molecule has 82 valence electrons. The highest BCUT2D eigenvalue weighted by atomic mass is 16.5. The van der Waals surface area contributed by atoms with Crippen molar-refractivity contribution in [2.24, 2.45) is 0 Å². The first-order valence-electron chi connectivity index (χ1n) is 4.70. The minimum atomic E-state index is -1.02. The van der Waals surface area contributed by atoms with Crippen LogP contribution in [-0.2, 0) is 16.1 Å². The number of aliphatic hydroxyl groups excluding tert-OH is 1. The molecular weight excluding hydrogens is 196 g/mol. The van der Waals surface area contributed by atoms with E-state index in [0.29, 0.717) is 6.61 Å². The number of benzene rings is 1. The lowest BCUT2D eigenvalue weighted by molar-refractivity contribution is -0.140. The summed E-state index contributed by atoms with van der Waals surface area (Å²) in [4.78, 5) is 10.2. The van der Waals surface area contributed by atoms with E-state index in [2.05, 4.69) is 0 Å². The van der Waals surface area contributed by atoms with Gasteiger partial charge in [-0.2, -0.15) is 0 Å². The van der Waals surface area contributed by atoms with Crippen molar-refractivity contribution >= 4 is 5.97 Å². The number of carboxylic acids is 1. The predicted molar refractivity (Wildman–Crippen MR) is 54.4 cm³/mol. The summed E-state index contributed by atoms with van der Waals surface area (Å²) in [5.74, 6) is -1.02. The molecule has 0 aliphatic rings. The van der Waals surface area contributed by atoms with Crippen molar-refractivity contribution in [3.63, 3.8) is 0 Å². The lowest BCUT2D eigenvalue weighted by Crippen LogP contribution is -2.19. The Morgan fingerprint density at radius 2 is 2.00 bits per heavy atom. The second-order valence-electron chi connectivity index (χ2n) is 3.25. The smallest absolute Gasteiger partial charge is 0.306 e. The van der Waals surface area contributed by atoms with Crippen molar-refractivity contribution in [3.05, 3.63) is 35.9 Å². The minimum Gasteiger partial charge on any atom is -0.481 e. The average molecular weight is 210 g/mol. The number of hydrogen-bond acceptors (Lipinski definition) is 3. The number of hydrogen-bond donors (Lipinski definition) is 2. The van der Waals surface area contributed by atoms with Crippen LogP contribution >= 0.6 is 0 Å². The minimum absolute atomic E-state index is 0.0429. The zero-order chi connectivity index (χ0) is 11.1. The van der Waals surface area contributed by atoms with Gasteiger partial charge in [0, 0.05) is 0 Å². The normalized spacial score (nSPS) is 12.3. The molecule has 0 aliphatic heterocycles. The Hall–Kier alpha value is -1.39. The van der Waals surface area contributed by atoms with Crippen molar-refractivity contribution < 1.29 is 19.7 Å². The van der Waals surface area contributed by atoms with Gasteiger partial charge in [0.2, 0.25) is 0 Å². The third kappa shape index (κ3) is 5.15. The fraction of sp³-hybridized carbons (Fsp3) is 0.364. The Balaban J connectivity index is 2.19. The first-order chi connectivity index (χ1) is 7.18. The van der Waals surface area contributed by atoms with Crippen molar-refractivity contribution in [2.75, 3.05) is 6.61 Å². The van der Waals surface area contributed by atoms with Crippen molar-refractivity contribution in [1.82, 2.24) is 0 Å². The molecule has 0 bridgehead atoms. The van der Waals surface area contributed by atoms with Crippen molar-refractivity contribution in [3.8, 4) is 0 Å². The Labute approximate surface area is 88.1 Å². The Kier molecular flexibility index (Phi) is 4.80. The van der Waals surface area contributed by atoms with Crippen molar-refractivity contribution in [1.29, 1.82) is 0 Å². The van der Waals surface area contributed by atoms with E-state index in [0.717, 1.165) is 5.56 Å². The van der Waals surface area contributed by atoms with Crippen LogP contribution in [0.25, 0.3) is 0 Å². The monoisotopic (exact) mass is 210 g/mol. The SMILES string of the molecule is O=C(O)C[C@@H](O)COCc1ccccc1. The zero-order valence-corrected chi connectivity index (χ0v) is 8.30. The molecule has 4 heteroatoms. The Morgan fingerprint density at radius 3 is 2.60 bits per heavy atom. The first kappa shape index (κ1) is 11.7. The van der Waals surface area contributed by atoms with E-state index in [-0.39, 0.29) is 13.0 Å². The van der Waals surface area contributed by atoms with Gasteiger partial charge < -0.3 is 14.9 Å². The quantitative estimate of drug-likeness (QED) is 0.736. The van der Waals surface area contributed by atoms with E-state index in [4.69, 9.17) is 9.84 Å². The molecule has 0 unspecified atom stereocenters. The third-order valence-corrected chi connectivity index (χ3v) is 1.83. The molecule has 1 rings (SSSR count). The number of aliphatic carboxylic acids is 1. The highest BCUT2D eigenvalue weighted by molar-refractivity contribution is 5.67. The van der Waals surface area contributed by atoms with E-state index in [9.17, 15) is 9.90 Å². The maximum Gasteiger partial charge on any atom is 0.306 e. The van der Waals surface area contributed by atoms with Gasteiger partial charge >= 0.3 is 5.97 Å². The maximum absolute atomic E-state index is 10.2. The van der Waals surface area contributed by atoms with E-state index < -0.39 is 12.1 Å². The summed E-state index contributed by atoms with van der Waals surface area (Å²) >= 11 is 0. The van der Waals surface area contributed by atoms with Gasteiger partial charge in [-0.05, 0) is 5.56 Å². The molecule has 0 heterocycles. The van der Waals surface area contributed by atoms with E-state index in [1.807, 2.05) is 30.3 Å². The molecule has 0 spiro atoms. The Morgan fingerprint density at radius 1 is 1.33 bits per heavy atom. The number of aliphatic hydroxyl groups is 1. The van der Waals surface area contributed by atoms with Gasteiger partial charge in [0.05, 0.1) is 25.7 Å². The van der Waals surface area contributed by atoms with Crippen LogP contribution < -0.4 is 0 Å². The molecule has 4 nitrogen and oxygen atoms in total. The summed E-state index contributed by atoms with van der Waals surface area (Å²) in [6.07, 6.45) is -1.22. The van der Waals surface area contributed by atoms with Gasteiger partial charge in [0.15, 0.2) is 0 Å². The van der Waals surface area contributed by atoms with Gasteiger partial charge in [-0.15, -0.1) is 0 Å². The molecule has 1 aromatic carbocycles. The largest absolute Gasteiger partial charge is 0.481 e. The summed E-state index contributed by atoms with van der Waals surface area (Å²) in [7, 11) is 0. The molecule has 1 atom stereocenters. The molecule has 0 fully saturated rings. The molecule has 15 heavy (non-hydrogen) atoms. The summed E-state index contributed by atoms with van der Waals surface area (Å²) < 4.78 is 5.17. The molecule has 0 saturated heterocycles. The van der Waals surface area contributed by atoms with Crippen LogP contribution in [-0.4, -0.2) is 28.9 Å². The van der Waals surface area contributed by atoms with Gasteiger partial charge in [0.1, 0.15) is 0 Å². The molecular formula is C11H14O4. The second kappa shape index (κ2) is 6.16. The highest BCUT2D eigenvalue weighted by Gasteiger charge is 2.08. The van der Waals surface area contributed by atoms with Crippen molar-refractivity contribution in [2.45, 2.75) is 19.1 Å². The molecule has 0 amide bonds. The number of ether oxygens (including phenoxy) is 1. The number of carboxylic acid groups (broad SMARTS) is 1. The van der Waals surface area contributed by atoms with Crippen LogP contribution in [0.15, 0.2) is 30.3 Å². The fourth-order valence-corrected chi connectivity index (χ4v) is 1.15. The van der Waals surface area contributed by atoms with Crippen LogP contribution in [0.4, 0.5) is 0 Å². The first-order valence-corrected chi connectivity index (χ1v) is 4.70. The number of carbonyl (C=O) groups is 1. The van der Waals surface area contributed by atoms with Gasteiger partial charge in [-0.25, -0.2) is 0 Å². The maximum atomic E-state index is 10.2. The van der Waals surface area contributed by atoms with Crippen LogP contribution in [0, 0.1) is 0 Å². The zero-order valence-electron chi connectivity index (χ0n) is 8.30. The summed E-state index contributed by atoms with van der Waals surface area (Å²) in [6.45, 7) is 0.429. The van der Waals surface area contributed by atoms with E-state index >= 15 is 0 Å². The third-order valence-electron chi connectivity index (χ3n) is 1.83. The van der Waals surface area contributed by atoms with Crippen LogP contribution in [0.1, 0.15) is 12.0 Å². The lowest BCUT2D eigenvalue weighted by atomic mass is 10.2. The molecule has 1 aromatic rings. The van der Waals surface area contributed by atoms with Crippen LogP contribution in [0.5, 0.6) is 0 Å².